The average Bonchev–Trinajstić information content (AvgIpc) is 2.12. The number of hydrogen-bond acceptors (Lipinski definition) is 3. The highest BCUT2D eigenvalue weighted by Crippen LogP contribution is 2.24. The molecule has 0 aliphatic rings. The van der Waals surface area contributed by atoms with Crippen LogP contribution in [0.15, 0.2) is 6.20 Å². The molecule has 0 bridgehead atoms. The number of carbonyl (C=O) groups is 1. The minimum Gasteiger partial charge on any atom is -0.365 e. The predicted octanol–water partition coefficient (Wildman–Crippen LogP) is 2.46. The smallest absolute Gasteiger partial charge is 0.252 e. The summed E-state index contributed by atoms with van der Waals surface area (Å²) in [5.41, 5.74) is 6.46. The molecular formula is C14H23N3O. The third-order valence-corrected chi connectivity index (χ3v) is 2.50. The number of primary amides is 1. The quantitative estimate of drug-likeness (QED) is 0.875. The van der Waals surface area contributed by atoms with Crippen LogP contribution in [0.1, 0.15) is 63.4 Å². The molecule has 2 N–H and O–H groups in total. The zero-order chi connectivity index (χ0) is 14.1. The molecule has 4 nitrogen and oxygen atoms in total. The van der Waals surface area contributed by atoms with Crippen LogP contribution >= 0.6 is 0 Å². The van der Waals surface area contributed by atoms with Gasteiger partial charge in [0, 0.05) is 11.6 Å². The highest BCUT2D eigenvalue weighted by atomic mass is 16.1. The molecule has 1 aromatic rings. The van der Waals surface area contributed by atoms with Crippen molar-refractivity contribution in [2.75, 3.05) is 0 Å². The maximum absolute atomic E-state index is 11.4. The molecule has 0 aliphatic carbocycles. The summed E-state index contributed by atoms with van der Waals surface area (Å²) < 4.78 is 0. The van der Waals surface area contributed by atoms with Gasteiger partial charge in [-0.1, -0.05) is 41.5 Å². The van der Waals surface area contributed by atoms with E-state index in [-0.39, 0.29) is 10.8 Å². The van der Waals surface area contributed by atoms with Gasteiger partial charge in [-0.3, -0.25) is 4.79 Å². The molecule has 1 aromatic heterocycles. The Kier molecular flexibility index (Phi) is 3.79. The van der Waals surface area contributed by atoms with E-state index >= 15 is 0 Å². The standard InChI is InChI=1S/C14H23N3O/c1-13(2,3)7-10-9(11(15)18)8-16-12(17-10)14(4,5)6/h8H,7H2,1-6H3,(H2,15,18). The van der Waals surface area contributed by atoms with Crippen LogP contribution in [-0.4, -0.2) is 15.9 Å². The second-order valence-electron chi connectivity index (χ2n) is 6.91. The van der Waals surface area contributed by atoms with Crippen molar-refractivity contribution in [3.63, 3.8) is 0 Å². The zero-order valence-electron chi connectivity index (χ0n) is 12.2. The van der Waals surface area contributed by atoms with Gasteiger partial charge in [-0.25, -0.2) is 9.97 Å². The SMILES string of the molecule is CC(C)(C)Cc1nc(C(C)(C)C)ncc1C(N)=O. The molecule has 4 heteroatoms. The monoisotopic (exact) mass is 249 g/mol. The summed E-state index contributed by atoms with van der Waals surface area (Å²) in [7, 11) is 0. The first-order valence-electron chi connectivity index (χ1n) is 6.17. The Morgan fingerprint density at radius 3 is 2.17 bits per heavy atom. The number of nitrogens with two attached hydrogens (primary N) is 1. The lowest BCUT2D eigenvalue weighted by Gasteiger charge is -2.22. The Morgan fingerprint density at radius 2 is 1.78 bits per heavy atom. The Hall–Kier alpha value is -1.45. The molecule has 0 aromatic carbocycles. The molecule has 0 fully saturated rings. The first kappa shape index (κ1) is 14.6. The van der Waals surface area contributed by atoms with Crippen molar-refractivity contribution in [3.8, 4) is 0 Å². The number of aromatic nitrogens is 2. The number of hydrogen-bond donors (Lipinski definition) is 1. The molecule has 0 atom stereocenters. The molecule has 18 heavy (non-hydrogen) atoms. The first-order chi connectivity index (χ1) is 8.00. The summed E-state index contributed by atoms with van der Waals surface area (Å²) in [6.07, 6.45) is 2.26. The second kappa shape index (κ2) is 4.67. The molecular weight excluding hydrogens is 226 g/mol. The van der Waals surface area contributed by atoms with Crippen molar-refractivity contribution in [2.45, 2.75) is 53.4 Å². The number of carbonyl (C=O) groups excluding carboxylic acids is 1. The molecule has 0 saturated carbocycles. The van der Waals surface area contributed by atoms with Gasteiger partial charge < -0.3 is 5.73 Å². The fraction of sp³-hybridized carbons (Fsp3) is 0.643. The van der Waals surface area contributed by atoms with E-state index in [2.05, 4.69) is 30.7 Å². The summed E-state index contributed by atoms with van der Waals surface area (Å²) in [4.78, 5) is 20.2. The second-order valence-corrected chi connectivity index (χ2v) is 6.91. The molecule has 0 radical (unpaired) electrons. The maximum atomic E-state index is 11.4. The predicted molar refractivity (Wildman–Crippen MR) is 72.4 cm³/mol. The van der Waals surface area contributed by atoms with Gasteiger partial charge >= 0.3 is 0 Å². The highest BCUT2D eigenvalue weighted by molar-refractivity contribution is 5.93. The molecule has 0 saturated heterocycles. The topological polar surface area (TPSA) is 68.9 Å². The number of nitrogens with zero attached hydrogens (tertiary/aromatic N) is 2. The summed E-state index contributed by atoms with van der Waals surface area (Å²) in [5, 5.41) is 0. The van der Waals surface area contributed by atoms with Gasteiger partial charge in [-0.15, -0.1) is 0 Å². The van der Waals surface area contributed by atoms with Crippen molar-refractivity contribution in [1.29, 1.82) is 0 Å². The zero-order valence-corrected chi connectivity index (χ0v) is 12.2. The summed E-state index contributed by atoms with van der Waals surface area (Å²) in [5.74, 6) is 0.279. The van der Waals surface area contributed by atoms with Gasteiger partial charge in [-0.2, -0.15) is 0 Å². The van der Waals surface area contributed by atoms with Gasteiger partial charge in [0.25, 0.3) is 5.91 Å². The molecule has 1 rings (SSSR count). The van der Waals surface area contributed by atoms with Crippen molar-refractivity contribution < 1.29 is 4.79 Å². The van der Waals surface area contributed by atoms with E-state index in [1.54, 1.807) is 6.20 Å². The van der Waals surface area contributed by atoms with Crippen LogP contribution in [0.25, 0.3) is 0 Å². The minimum atomic E-state index is -0.463. The normalized spacial score (nSPS) is 12.6. The summed E-state index contributed by atoms with van der Waals surface area (Å²) in [6.45, 7) is 12.5. The fourth-order valence-corrected chi connectivity index (χ4v) is 1.62. The van der Waals surface area contributed by atoms with E-state index in [0.717, 1.165) is 11.5 Å². The van der Waals surface area contributed by atoms with E-state index in [4.69, 9.17) is 5.73 Å². The lowest BCUT2D eigenvalue weighted by Crippen LogP contribution is -2.24. The van der Waals surface area contributed by atoms with Gasteiger partial charge in [0.1, 0.15) is 5.82 Å². The molecule has 0 spiro atoms. The minimum absolute atomic E-state index is 0.0493. The Balaban J connectivity index is 3.29. The van der Waals surface area contributed by atoms with Crippen LogP contribution in [0.3, 0.4) is 0 Å². The Bertz CT molecular complexity index is 453. The van der Waals surface area contributed by atoms with E-state index in [0.29, 0.717) is 12.0 Å². The Labute approximate surface area is 109 Å². The van der Waals surface area contributed by atoms with Gasteiger partial charge in [0.05, 0.1) is 11.3 Å². The highest BCUT2D eigenvalue weighted by Gasteiger charge is 2.23. The lowest BCUT2D eigenvalue weighted by molar-refractivity contribution is 0.0998. The average molecular weight is 249 g/mol. The van der Waals surface area contributed by atoms with Crippen molar-refractivity contribution in [3.05, 3.63) is 23.3 Å². The van der Waals surface area contributed by atoms with Crippen molar-refractivity contribution in [2.24, 2.45) is 11.1 Å². The van der Waals surface area contributed by atoms with Crippen LogP contribution in [0.5, 0.6) is 0 Å². The summed E-state index contributed by atoms with van der Waals surface area (Å²) in [6, 6.07) is 0. The van der Waals surface area contributed by atoms with Gasteiger partial charge in [0.2, 0.25) is 0 Å². The fourth-order valence-electron chi connectivity index (χ4n) is 1.62. The van der Waals surface area contributed by atoms with Crippen molar-refractivity contribution in [1.82, 2.24) is 9.97 Å². The van der Waals surface area contributed by atoms with Crippen LogP contribution in [0.2, 0.25) is 0 Å². The third kappa shape index (κ3) is 3.79. The molecule has 0 unspecified atom stereocenters. The van der Waals surface area contributed by atoms with E-state index < -0.39 is 5.91 Å². The van der Waals surface area contributed by atoms with E-state index in [1.165, 1.54) is 0 Å². The largest absolute Gasteiger partial charge is 0.365 e. The van der Waals surface area contributed by atoms with Crippen LogP contribution in [0.4, 0.5) is 0 Å². The number of amides is 1. The third-order valence-electron chi connectivity index (χ3n) is 2.50. The molecule has 0 aliphatic heterocycles. The van der Waals surface area contributed by atoms with Crippen LogP contribution in [-0.2, 0) is 11.8 Å². The van der Waals surface area contributed by atoms with Crippen LogP contribution in [0, 0.1) is 5.41 Å². The van der Waals surface area contributed by atoms with Crippen LogP contribution < -0.4 is 5.73 Å². The molecule has 1 amide bonds. The van der Waals surface area contributed by atoms with Gasteiger partial charge in [-0.05, 0) is 11.8 Å². The lowest BCUT2D eigenvalue weighted by atomic mass is 9.88. The summed E-state index contributed by atoms with van der Waals surface area (Å²) >= 11 is 0. The number of rotatable bonds is 2. The van der Waals surface area contributed by atoms with E-state index in [9.17, 15) is 4.79 Å². The van der Waals surface area contributed by atoms with Gasteiger partial charge in [0.15, 0.2) is 0 Å². The molecule has 1 heterocycles. The first-order valence-corrected chi connectivity index (χ1v) is 6.17. The molecule has 100 valence electrons. The van der Waals surface area contributed by atoms with Crippen molar-refractivity contribution >= 4 is 5.91 Å². The van der Waals surface area contributed by atoms with E-state index in [1.807, 2.05) is 20.8 Å². The Morgan fingerprint density at radius 1 is 1.22 bits per heavy atom. The maximum Gasteiger partial charge on any atom is 0.252 e.